The average molecular weight is 140 g/mol. The first-order valence-electron chi connectivity index (χ1n) is 3.17. The minimum atomic E-state index is -0.393. The van der Waals surface area contributed by atoms with E-state index in [0.717, 1.165) is 0 Å². The summed E-state index contributed by atoms with van der Waals surface area (Å²) in [6.07, 6.45) is 3.81. The molecule has 3 heteroatoms. The first-order chi connectivity index (χ1) is 4.51. The van der Waals surface area contributed by atoms with Crippen LogP contribution in [0.1, 0.15) is 13.3 Å². The molecule has 1 unspecified atom stereocenters. The zero-order chi connectivity index (χ0) is 7.78. The lowest BCUT2D eigenvalue weighted by atomic mass is 9.92. The van der Waals surface area contributed by atoms with Crippen molar-refractivity contribution in [2.24, 2.45) is 11.5 Å². The Hall–Kier alpha value is -0.960. The summed E-state index contributed by atoms with van der Waals surface area (Å²) < 4.78 is 0. The summed E-state index contributed by atoms with van der Waals surface area (Å²) in [4.78, 5) is 0. The lowest BCUT2D eigenvalue weighted by Crippen LogP contribution is -2.37. The van der Waals surface area contributed by atoms with E-state index in [2.05, 4.69) is 0 Å². The van der Waals surface area contributed by atoms with Gasteiger partial charge in [-0.2, -0.15) is 0 Å². The molecular weight excluding hydrogens is 128 g/mol. The Morgan fingerprint density at radius 2 is 2.30 bits per heavy atom. The highest BCUT2D eigenvalue weighted by Gasteiger charge is 2.20. The second-order valence-electron chi connectivity index (χ2n) is 2.93. The molecule has 1 atom stereocenters. The third-order valence-electron chi connectivity index (χ3n) is 1.52. The number of hydrogen-bond acceptors (Lipinski definition) is 3. The van der Waals surface area contributed by atoms with E-state index >= 15 is 0 Å². The van der Waals surface area contributed by atoms with Crippen LogP contribution in [0.5, 0.6) is 0 Å². The second kappa shape index (κ2) is 2.02. The van der Waals surface area contributed by atoms with E-state index in [4.69, 9.17) is 16.6 Å². The van der Waals surface area contributed by atoms with Gasteiger partial charge in [0.2, 0.25) is 0 Å². The van der Waals surface area contributed by atoms with Gasteiger partial charge < -0.3 is 16.6 Å². The predicted molar refractivity (Wildman–Crippen MR) is 40.2 cm³/mol. The Labute approximate surface area is 60.0 Å². The maximum Gasteiger partial charge on any atom is 0.134 e. The molecule has 0 heterocycles. The fourth-order valence-corrected chi connectivity index (χ4v) is 0.936. The molecule has 0 radical (unpaired) electrons. The monoisotopic (exact) mass is 140 g/mol. The molecule has 5 N–H and O–H groups in total. The van der Waals surface area contributed by atoms with Gasteiger partial charge >= 0.3 is 0 Å². The number of rotatable bonds is 0. The van der Waals surface area contributed by atoms with E-state index in [-0.39, 0.29) is 5.76 Å². The van der Waals surface area contributed by atoms with Crippen LogP contribution in [-0.4, -0.2) is 10.6 Å². The molecule has 1 aliphatic carbocycles. The van der Waals surface area contributed by atoms with Gasteiger partial charge in [0.1, 0.15) is 5.76 Å². The molecule has 0 saturated heterocycles. The number of hydrogen-bond donors (Lipinski definition) is 3. The summed E-state index contributed by atoms with van der Waals surface area (Å²) in [7, 11) is 0. The average Bonchev–Trinajstić information content (AvgIpc) is 1.79. The van der Waals surface area contributed by atoms with Gasteiger partial charge in [-0.05, 0) is 13.0 Å². The molecule has 0 saturated carbocycles. The van der Waals surface area contributed by atoms with E-state index in [1.807, 2.05) is 6.92 Å². The lowest BCUT2D eigenvalue weighted by molar-refractivity contribution is 0.405. The minimum absolute atomic E-state index is 0.142. The summed E-state index contributed by atoms with van der Waals surface area (Å²) >= 11 is 0. The number of nitrogens with two attached hydrogens (primary N) is 2. The SMILES string of the molecule is CC1(N)C=CC(O)=C(N)C1. The third-order valence-corrected chi connectivity index (χ3v) is 1.52. The van der Waals surface area contributed by atoms with E-state index in [0.29, 0.717) is 12.1 Å². The summed E-state index contributed by atoms with van der Waals surface area (Å²) in [5.74, 6) is 0.142. The first-order valence-corrected chi connectivity index (χ1v) is 3.17. The van der Waals surface area contributed by atoms with Crippen molar-refractivity contribution in [3.05, 3.63) is 23.6 Å². The second-order valence-corrected chi connectivity index (χ2v) is 2.93. The van der Waals surface area contributed by atoms with Crippen LogP contribution >= 0.6 is 0 Å². The van der Waals surface area contributed by atoms with E-state index in [1.54, 1.807) is 12.2 Å². The van der Waals surface area contributed by atoms with Crippen molar-refractivity contribution in [1.82, 2.24) is 0 Å². The standard InChI is InChI=1S/C7H12N2O/c1-7(9)3-2-6(10)5(8)4-7/h2-3,10H,4,8-9H2,1H3. The van der Waals surface area contributed by atoms with Crippen molar-refractivity contribution in [2.75, 3.05) is 0 Å². The van der Waals surface area contributed by atoms with Crippen LogP contribution in [0.15, 0.2) is 23.6 Å². The molecule has 0 bridgehead atoms. The molecule has 0 aliphatic heterocycles. The number of allylic oxidation sites excluding steroid dienone is 1. The van der Waals surface area contributed by atoms with Crippen LogP contribution in [0, 0.1) is 0 Å². The van der Waals surface area contributed by atoms with E-state index in [1.165, 1.54) is 0 Å². The summed E-state index contributed by atoms with van der Waals surface area (Å²) in [6, 6.07) is 0. The quantitative estimate of drug-likeness (QED) is 0.456. The minimum Gasteiger partial charge on any atom is -0.506 e. The zero-order valence-corrected chi connectivity index (χ0v) is 5.96. The zero-order valence-electron chi connectivity index (χ0n) is 5.96. The molecule has 0 aromatic carbocycles. The first kappa shape index (κ1) is 7.15. The normalized spacial score (nSPS) is 33.0. The lowest BCUT2D eigenvalue weighted by Gasteiger charge is -2.23. The summed E-state index contributed by atoms with van der Waals surface area (Å²) in [6.45, 7) is 1.86. The van der Waals surface area contributed by atoms with Gasteiger partial charge in [0.05, 0.1) is 5.70 Å². The molecule has 0 amide bonds. The van der Waals surface area contributed by atoms with Crippen molar-refractivity contribution in [3.63, 3.8) is 0 Å². The van der Waals surface area contributed by atoms with Crippen molar-refractivity contribution in [3.8, 4) is 0 Å². The van der Waals surface area contributed by atoms with Gasteiger partial charge in [0, 0.05) is 12.0 Å². The molecule has 0 fully saturated rings. The Kier molecular flexibility index (Phi) is 1.45. The van der Waals surface area contributed by atoms with Gasteiger partial charge in [-0.1, -0.05) is 6.08 Å². The summed E-state index contributed by atoms with van der Waals surface area (Å²) in [5.41, 5.74) is 11.2. The highest BCUT2D eigenvalue weighted by Crippen LogP contribution is 2.19. The molecule has 0 aromatic heterocycles. The van der Waals surface area contributed by atoms with Crippen LogP contribution in [0.25, 0.3) is 0 Å². The van der Waals surface area contributed by atoms with Crippen LogP contribution < -0.4 is 11.5 Å². The fourth-order valence-electron chi connectivity index (χ4n) is 0.936. The summed E-state index contributed by atoms with van der Waals surface area (Å²) in [5, 5.41) is 9.02. The highest BCUT2D eigenvalue weighted by molar-refractivity contribution is 5.28. The van der Waals surface area contributed by atoms with Crippen molar-refractivity contribution in [1.29, 1.82) is 0 Å². The number of aliphatic hydroxyl groups excluding tert-OH is 1. The van der Waals surface area contributed by atoms with Gasteiger partial charge in [0.15, 0.2) is 0 Å². The van der Waals surface area contributed by atoms with Gasteiger partial charge in [0.25, 0.3) is 0 Å². The predicted octanol–water partition coefficient (Wildman–Crippen LogP) is 0.392. The van der Waals surface area contributed by atoms with Crippen LogP contribution in [0.3, 0.4) is 0 Å². The number of aliphatic hydroxyl groups is 1. The Morgan fingerprint density at radius 1 is 1.70 bits per heavy atom. The highest BCUT2D eigenvalue weighted by atomic mass is 16.3. The maximum atomic E-state index is 9.02. The van der Waals surface area contributed by atoms with Crippen LogP contribution in [-0.2, 0) is 0 Å². The Morgan fingerprint density at radius 3 is 2.70 bits per heavy atom. The fraction of sp³-hybridized carbons (Fsp3) is 0.429. The van der Waals surface area contributed by atoms with Crippen LogP contribution in [0.4, 0.5) is 0 Å². The Bertz CT molecular complexity index is 204. The smallest absolute Gasteiger partial charge is 0.134 e. The Balaban J connectivity index is 2.85. The van der Waals surface area contributed by atoms with Crippen molar-refractivity contribution in [2.45, 2.75) is 18.9 Å². The molecule has 1 aliphatic rings. The third kappa shape index (κ3) is 1.30. The molecule has 0 spiro atoms. The topological polar surface area (TPSA) is 72.3 Å². The maximum absolute atomic E-state index is 9.02. The largest absolute Gasteiger partial charge is 0.506 e. The molecular formula is C7H12N2O. The van der Waals surface area contributed by atoms with Crippen molar-refractivity contribution < 1.29 is 5.11 Å². The van der Waals surface area contributed by atoms with Gasteiger partial charge in [-0.3, -0.25) is 0 Å². The molecule has 10 heavy (non-hydrogen) atoms. The van der Waals surface area contributed by atoms with Gasteiger partial charge in [-0.25, -0.2) is 0 Å². The van der Waals surface area contributed by atoms with Crippen molar-refractivity contribution >= 4 is 0 Å². The van der Waals surface area contributed by atoms with E-state index in [9.17, 15) is 0 Å². The molecule has 3 nitrogen and oxygen atoms in total. The van der Waals surface area contributed by atoms with Crippen LogP contribution in [0.2, 0.25) is 0 Å². The molecule has 0 aromatic rings. The van der Waals surface area contributed by atoms with Gasteiger partial charge in [-0.15, -0.1) is 0 Å². The molecule has 56 valence electrons. The molecule has 1 rings (SSSR count). The van der Waals surface area contributed by atoms with E-state index < -0.39 is 5.54 Å².